The van der Waals surface area contributed by atoms with E-state index in [9.17, 15) is 0 Å². The summed E-state index contributed by atoms with van der Waals surface area (Å²) in [4.78, 5) is 6.13. The summed E-state index contributed by atoms with van der Waals surface area (Å²) in [5.41, 5.74) is 1.25. The van der Waals surface area contributed by atoms with Crippen molar-refractivity contribution in [3.05, 3.63) is 15.6 Å². The van der Waals surface area contributed by atoms with E-state index in [1.807, 2.05) is 23.1 Å². The molecule has 1 aromatic heterocycles. The Labute approximate surface area is 118 Å². The van der Waals surface area contributed by atoms with Crippen LogP contribution in [0.15, 0.2) is 0 Å². The molecule has 0 aromatic carbocycles. The van der Waals surface area contributed by atoms with Gasteiger partial charge in [0.1, 0.15) is 5.01 Å². The highest BCUT2D eigenvalue weighted by atomic mass is 32.2. The number of hydrogen-bond acceptors (Lipinski definition) is 5. The van der Waals surface area contributed by atoms with E-state index in [1.54, 1.807) is 7.11 Å². The number of rotatable bonds is 5. The van der Waals surface area contributed by atoms with Crippen molar-refractivity contribution in [1.82, 2.24) is 10.3 Å². The topological polar surface area (TPSA) is 34.1 Å². The second kappa shape index (κ2) is 6.37. The van der Waals surface area contributed by atoms with Crippen molar-refractivity contribution >= 4 is 23.1 Å². The van der Waals surface area contributed by atoms with E-state index in [0.29, 0.717) is 0 Å². The van der Waals surface area contributed by atoms with E-state index in [0.717, 1.165) is 18.9 Å². The molecule has 1 fully saturated rings. The minimum Gasteiger partial charge on any atom is -0.383 e. The fourth-order valence-electron chi connectivity index (χ4n) is 2.25. The van der Waals surface area contributed by atoms with Crippen LogP contribution in [0, 0.1) is 13.8 Å². The van der Waals surface area contributed by atoms with Crippen LogP contribution in [-0.4, -0.2) is 36.8 Å². The standard InChI is InChI=1S/C13H22N2OS2/c1-10-11(2)18-12(15-10)13(14-6-7-16-3)5-4-8-17-9-13/h14H,4-9H2,1-3H3. The molecule has 0 radical (unpaired) electrons. The molecule has 1 N–H and O–H groups in total. The van der Waals surface area contributed by atoms with E-state index in [2.05, 4.69) is 19.2 Å². The molecule has 1 unspecified atom stereocenters. The van der Waals surface area contributed by atoms with Gasteiger partial charge in [0.15, 0.2) is 0 Å². The van der Waals surface area contributed by atoms with Crippen LogP contribution in [0.1, 0.15) is 28.4 Å². The Balaban J connectivity index is 2.17. The van der Waals surface area contributed by atoms with Crippen molar-refractivity contribution in [3.8, 4) is 0 Å². The second-order valence-electron chi connectivity index (χ2n) is 4.82. The highest BCUT2D eigenvalue weighted by molar-refractivity contribution is 7.99. The monoisotopic (exact) mass is 286 g/mol. The SMILES string of the molecule is COCCNC1(c2nc(C)c(C)s2)CCCSC1. The molecule has 0 aliphatic carbocycles. The van der Waals surface area contributed by atoms with Crippen molar-refractivity contribution in [1.29, 1.82) is 0 Å². The fraction of sp³-hybridized carbons (Fsp3) is 0.769. The van der Waals surface area contributed by atoms with E-state index in [4.69, 9.17) is 9.72 Å². The van der Waals surface area contributed by atoms with Crippen molar-refractivity contribution in [2.75, 3.05) is 31.8 Å². The lowest BCUT2D eigenvalue weighted by molar-refractivity contribution is 0.184. The van der Waals surface area contributed by atoms with Gasteiger partial charge in [-0.3, -0.25) is 0 Å². The molecule has 5 heteroatoms. The summed E-state index contributed by atoms with van der Waals surface area (Å²) in [6.45, 7) is 5.92. The highest BCUT2D eigenvalue weighted by Crippen LogP contribution is 2.38. The molecule has 1 aliphatic rings. The van der Waals surface area contributed by atoms with Gasteiger partial charge in [0, 0.05) is 24.3 Å². The smallest absolute Gasteiger partial charge is 0.114 e. The Morgan fingerprint density at radius 2 is 2.28 bits per heavy atom. The molecule has 2 heterocycles. The Morgan fingerprint density at radius 1 is 1.44 bits per heavy atom. The quantitative estimate of drug-likeness (QED) is 0.844. The van der Waals surface area contributed by atoms with Crippen LogP contribution >= 0.6 is 23.1 Å². The molecule has 1 aliphatic heterocycles. The van der Waals surface area contributed by atoms with Crippen molar-refractivity contribution < 1.29 is 4.74 Å². The molecule has 1 atom stereocenters. The van der Waals surface area contributed by atoms with Crippen molar-refractivity contribution in [2.24, 2.45) is 0 Å². The third-order valence-electron chi connectivity index (χ3n) is 3.45. The van der Waals surface area contributed by atoms with Gasteiger partial charge < -0.3 is 10.1 Å². The third-order valence-corrected chi connectivity index (χ3v) is 6.00. The maximum atomic E-state index is 5.16. The van der Waals surface area contributed by atoms with Gasteiger partial charge in [0.2, 0.25) is 0 Å². The first-order valence-electron chi connectivity index (χ1n) is 6.44. The zero-order chi connectivity index (χ0) is 13.0. The van der Waals surface area contributed by atoms with Crippen LogP contribution < -0.4 is 5.32 Å². The predicted octanol–water partition coefficient (Wildman–Crippen LogP) is 2.72. The molecule has 3 nitrogen and oxygen atoms in total. The normalized spacial score (nSPS) is 24.4. The average molecular weight is 286 g/mol. The summed E-state index contributed by atoms with van der Waals surface area (Å²) < 4.78 is 5.16. The Kier molecular flexibility index (Phi) is 5.06. The first-order valence-corrected chi connectivity index (χ1v) is 8.41. The minimum absolute atomic E-state index is 0.0745. The van der Waals surface area contributed by atoms with E-state index < -0.39 is 0 Å². The molecule has 0 amide bonds. The minimum atomic E-state index is 0.0745. The number of methoxy groups -OCH3 is 1. The molecule has 18 heavy (non-hydrogen) atoms. The first kappa shape index (κ1) is 14.3. The van der Waals surface area contributed by atoms with E-state index >= 15 is 0 Å². The maximum absolute atomic E-state index is 5.16. The molecule has 1 saturated heterocycles. The number of nitrogens with one attached hydrogen (secondary N) is 1. The van der Waals surface area contributed by atoms with Crippen molar-refractivity contribution in [2.45, 2.75) is 32.2 Å². The Hall–Kier alpha value is -0.100. The molecule has 0 saturated carbocycles. The van der Waals surface area contributed by atoms with Gasteiger partial charge in [-0.1, -0.05) is 0 Å². The number of ether oxygens (including phenoxy) is 1. The lowest BCUT2D eigenvalue weighted by atomic mass is 9.96. The molecule has 102 valence electrons. The number of thiazole rings is 1. The second-order valence-corrected chi connectivity index (χ2v) is 7.13. The van der Waals surface area contributed by atoms with E-state index in [1.165, 1.54) is 34.2 Å². The lowest BCUT2D eigenvalue weighted by Gasteiger charge is -2.36. The van der Waals surface area contributed by atoms with Crippen LogP contribution in [0.3, 0.4) is 0 Å². The zero-order valence-corrected chi connectivity index (χ0v) is 13.0. The summed E-state index contributed by atoms with van der Waals surface area (Å²) in [7, 11) is 1.75. The van der Waals surface area contributed by atoms with Gasteiger partial charge in [0.05, 0.1) is 17.8 Å². The van der Waals surface area contributed by atoms with Gasteiger partial charge in [-0.2, -0.15) is 11.8 Å². The van der Waals surface area contributed by atoms with Crippen LogP contribution in [-0.2, 0) is 10.3 Å². The molecule has 2 rings (SSSR count). The first-order chi connectivity index (χ1) is 8.68. The summed E-state index contributed by atoms with van der Waals surface area (Å²) >= 11 is 3.88. The zero-order valence-electron chi connectivity index (χ0n) is 11.4. The third kappa shape index (κ3) is 3.07. The predicted molar refractivity (Wildman–Crippen MR) is 79.7 cm³/mol. The molecule has 0 bridgehead atoms. The average Bonchev–Trinajstić information content (AvgIpc) is 2.72. The molecule has 0 spiro atoms. The Morgan fingerprint density at radius 3 is 2.83 bits per heavy atom. The summed E-state index contributed by atoms with van der Waals surface area (Å²) in [5.74, 6) is 2.40. The van der Waals surface area contributed by atoms with Crippen molar-refractivity contribution in [3.63, 3.8) is 0 Å². The number of aromatic nitrogens is 1. The van der Waals surface area contributed by atoms with Gasteiger partial charge >= 0.3 is 0 Å². The van der Waals surface area contributed by atoms with Crippen LogP contribution in [0.25, 0.3) is 0 Å². The highest BCUT2D eigenvalue weighted by Gasteiger charge is 2.36. The Bertz CT molecular complexity index is 367. The number of hydrogen-bond donors (Lipinski definition) is 1. The number of thioether (sulfide) groups is 1. The van der Waals surface area contributed by atoms with Gasteiger partial charge in [-0.25, -0.2) is 4.98 Å². The fourth-order valence-corrected chi connectivity index (χ4v) is 4.67. The van der Waals surface area contributed by atoms with Gasteiger partial charge in [-0.05, 0) is 32.4 Å². The largest absolute Gasteiger partial charge is 0.383 e. The number of aryl methyl sites for hydroxylation is 2. The van der Waals surface area contributed by atoms with Gasteiger partial charge in [-0.15, -0.1) is 11.3 Å². The molecular weight excluding hydrogens is 264 g/mol. The van der Waals surface area contributed by atoms with Gasteiger partial charge in [0.25, 0.3) is 0 Å². The summed E-state index contributed by atoms with van der Waals surface area (Å²) in [6.07, 6.45) is 2.46. The summed E-state index contributed by atoms with van der Waals surface area (Å²) in [5, 5.41) is 4.96. The number of nitrogens with zero attached hydrogens (tertiary/aromatic N) is 1. The van der Waals surface area contributed by atoms with Crippen LogP contribution in [0.2, 0.25) is 0 Å². The molecular formula is C13H22N2OS2. The lowest BCUT2D eigenvalue weighted by Crippen LogP contribution is -2.47. The maximum Gasteiger partial charge on any atom is 0.114 e. The molecule has 1 aromatic rings. The van der Waals surface area contributed by atoms with Crippen LogP contribution in [0.5, 0.6) is 0 Å². The van der Waals surface area contributed by atoms with Crippen LogP contribution in [0.4, 0.5) is 0 Å². The van der Waals surface area contributed by atoms with E-state index in [-0.39, 0.29) is 5.54 Å². The summed E-state index contributed by atoms with van der Waals surface area (Å²) in [6, 6.07) is 0.